The Balaban J connectivity index is 1.72. The van der Waals surface area contributed by atoms with Crippen LogP contribution in [0.1, 0.15) is 5.76 Å². The molecule has 0 aliphatic carbocycles. The van der Waals surface area contributed by atoms with Gasteiger partial charge in [0.05, 0.1) is 21.1 Å². The van der Waals surface area contributed by atoms with E-state index in [1.807, 2.05) is 0 Å². The number of hydrogen-bond donors (Lipinski definition) is 1. The zero-order chi connectivity index (χ0) is 19.4. The highest BCUT2D eigenvalue weighted by Crippen LogP contribution is 2.32. The van der Waals surface area contributed by atoms with E-state index in [2.05, 4.69) is 15.5 Å². The van der Waals surface area contributed by atoms with E-state index in [0.717, 1.165) is 6.20 Å². The first kappa shape index (κ1) is 18.0. The third-order valence-corrected chi connectivity index (χ3v) is 3.71. The lowest BCUT2D eigenvalue weighted by molar-refractivity contribution is -0.385. The van der Waals surface area contributed by atoms with Crippen molar-refractivity contribution in [1.82, 2.24) is 4.98 Å². The lowest BCUT2D eigenvalue weighted by Crippen LogP contribution is -1.94. The van der Waals surface area contributed by atoms with E-state index in [1.54, 1.807) is 12.1 Å². The topological polar surface area (TPSA) is 137 Å². The molecule has 0 fully saturated rings. The van der Waals surface area contributed by atoms with Crippen molar-refractivity contribution in [3.8, 4) is 11.3 Å². The minimum absolute atomic E-state index is 0.105. The summed E-state index contributed by atoms with van der Waals surface area (Å²) in [5, 5.41) is 25.7. The maximum Gasteiger partial charge on any atom is 0.287 e. The summed E-state index contributed by atoms with van der Waals surface area (Å²) < 4.78 is 5.57. The van der Waals surface area contributed by atoms with Crippen molar-refractivity contribution in [3.63, 3.8) is 0 Å². The molecule has 0 unspecified atom stereocenters. The number of nitro benzene ring substituents is 1. The lowest BCUT2D eigenvalue weighted by atomic mass is 10.1. The first-order valence-electron chi connectivity index (χ1n) is 7.38. The van der Waals surface area contributed by atoms with Gasteiger partial charge in [0.1, 0.15) is 23.5 Å². The molecule has 2 aromatic heterocycles. The van der Waals surface area contributed by atoms with Crippen LogP contribution >= 0.6 is 11.6 Å². The Morgan fingerprint density at radius 2 is 1.81 bits per heavy atom. The number of aromatic nitrogens is 1. The predicted octanol–water partition coefficient (Wildman–Crippen LogP) is 4.26. The van der Waals surface area contributed by atoms with Crippen LogP contribution in [0.15, 0.2) is 58.2 Å². The largest absolute Gasteiger partial charge is 0.455 e. The van der Waals surface area contributed by atoms with E-state index in [9.17, 15) is 20.2 Å². The molecule has 0 saturated carbocycles. The molecule has 1 aromatic carbocycles. The molecule has 0 aliphatic heterocycles. The van der Waals surface area contributed by atoms with Crippen molar-refractivity contribution in [1.29, 1.82) is 0 Å². The number of non-ortho nitro benzene ring substituents is 1. The molecule has 0 spiro atoms. The first-order valence-corrected chi connectivity index (χ1v) is 7.75. The fourth-order valence-corrected chi connectivity index (χ4v) is 2.32. The van der Waals surface area contributed by atoms with E-state index < -0.39 is 9.85 Å². The maximum absolute atomic E-state index is 10.9. The van der Waals surface area contributed by atoms with Crippen LogP contribution in [0.2, 0.25) is 5.02 Å². The lowest BCUT2D eigenvalue weighted by Gasteiger charge is -2.00. The number of rotatable bonds is 6. The molecule has 10 nitrogen and oxygen atoms in total. The van der Waals surface area contributed by atoms with Gasteiger partial charge in [-0.3, -0.25) is 25.7 Å². The molecular weight excluding hydrogens is 378 g/mol. The Labute approximate surface area is 156 Å². The number of anilines is 1. The van der Waals surface area contributed by atoms with Gasteiger partial charge in [0.15, 0.2) is 0 Å². The summed E-state index contributed by atoms with van der Waals surface area (Å²) in [6.45, 7) is 0. The van der Waals surface area contributed by atoms with Crippen molar-refractivity contribution < 1.29 is 14.3 Å². The molecule has 1 N–H and O–H groups in total. The molecule has 3 aromatic rings. The summed E-state index contributed by atoms with van der Waals surface area (Å²) in [5.74, 6) is 1.02. The molecule has 0 bridgehead atoms. The normalized spacial score (nSPS) is 10.9. The second-order valence-electron chi connectivity index (χ2n) is 5.15. The molecule has 27 heavy (non-hydrogen) atoms. The average molecular weight is 388 g/mol. The van der Waals surface area contributed by atoms with E-state index in [1.165, 1.54) is 36.5 Å². The summed E-state index contributed by atoms with van der Waals surface area (Å²) in [6, 6.07) is 9.97. The highest BCUT2D eigenvalue weighted by Gasteiger charge is 2.14. The third-order valence-electron chi connectivity index (χ3n) is 3.38. The highest BCUT2D eigenvalue weighted by atomic mass is 35.5. The van der Waals surface area contributed by atoms with Crippen molar-refractivity contribution in [2.45, 2.75) is 0 Å². The van der Waals surface area contributed by atoms with E-state index in [4.69, 9.17) is 16.0 Å². The number of nitrogens with one attached hydrogen (secondary N) is 1. The summed E-state index contributed by atoms with van der Waals surface area (Å²) in [5.41, 5.74) is 2.75. The number of halogens is 1. The van der Waals surface area contributed by atoms with Gasteiger partial charge in [-0.25, -0.2) is 4.98 Å². The summed E-state index contributed by atoms with van der Waals surface area (Å²) in [4.78, 5) is 24.2. The number of pyridine rings is 1. The molecule has 0 atom stereocenters. The third kappa shape index (κ3) is 4.25. The van der Waals surface area contributed by atoms with Crippen LogP contribution in [0.5, 0.6) is 0 Å². The van der Waals surface area contributed by atoms with Gasteiger partial charge in [0.25, 0.3) is 11.4 Å². The number of benzene rings is 1. The summed E-state index contributed by atoms with van der Waals surface area (Å²) in [6.07, 6.45) is 2.46. The highest BCUT2D eigenvalue weighted by molar-refractivity contribution is 6.33. The molecule has 0 amide bonds. The molecule has 0 radical (unpaired) electrons. The Morgan fingerprint density at radius 1 is 1.07 bits per heavy atom. The monoisotopic (exact) mass is 387 g/mol. The molecule has 0 aliphatic rings. The zero-order valence-electron chi connectivity index (χ0n) is 13.4. The van der Waals surface area contributed by atoms with Crippen LogP contribution in [-0.2, 0) is 0 Å². The molecular formula is C16H10ClN5O5. The molecule has 136 valence electrons. The Hall–Kier alpha value is -3.79. The minimum atomic E-state index is -0.552. The van der Waals surface area contributed by atoms with Gasteiger partial charge in [0.2, 0.25) is 0 Å². The fraction of sp³-hybridized carbons (Fsp3) is 0. The van der Waals surface area contributed by atoms with Crippen LogP contribution in [0, 0.1) is 20.2 Å². The van der Waals surface area contributed by atoms with Gasteiger partial charge in [-0.15, -0.1) is 0 Å². The summed E-state index contributed by atoms with van der Waals surface area (Å²) in [7, 11) is 0. The van der Waals surface area contributed by atoms with Crippen LogP contribution in [0.3, 0.4) is 0 Å². The number of nitrogens with zero attached hydrogens (tertiary/aromatic N) is 4. The predicted molar refractivity (Wildman–Crippen MR) is 97.9 cm³/mol. The van der Waals surface area contributed by atoms with Crippen molar-refractivity contribution in [3.05, 3.63) is 79.7 Å². The zero-order valence-corrected chi connectivity index (χ0v) is 14.2. The van der Waals surface area contributed by atoms with Crippen LogP contribution in [0.25, 0.3) is 11.3 Å². The van der Waals surface area contributed by atoms with Gasteiger partial charge < -0.3 is 4.42 Å². The van der Waals surface area contributed by atoms with Crippen LogP contribution in [0.4, 0.5) is 17.2 Å². The SMILES string of the molecule is O=[N+]([O-])c1ccc(N/N=C\c2ccc(-c3cc([N+](=O)[O-])ccc3Cl)o2)nc1. The van der Waals surface area contributed by atoms with Gasteiger partial charge >= 0.3 is 0 Å². The Bertz CT molecular complexity index is 1030. The van der Waals surface area contributed by atoms with Crippen molar-refractivity contribution in [2.24, 2.45) is 5.10 Å². The van der Waals surface area contributed by atoms with E-state index >= 15 is 0 Å². The van der Waals surface area contributed by atoms with Crippen molar-refractivity contribution in [2.75, 3.05) is 5.43 Å². The maximum atomic E-state index is 10.9. The van der Waals surface area contributed by atoms with Gasteiger partial charge in [-0.2, -0.15) is 5.10 Å². The molecule has 2 heterocycles. The van der Waals surface area contributed by atoms with E-state index in [-0.39, 0.29) is 11.4 Å². The number of hydrogen-bond acceptors (Lipinski definition) is 8. The quantitative estimate of drug-likeness (QED) is 0.379. The smallest absolute Gasteiger partial charge is 0.287 e. The fourth-order valence-electron chi connectivity index (χ4n) is 2.10. The first-order chi connectivity index (χ1) is 12.9. The molecule has 3 rings (SSSR count). The minimum Gasteiger partial charge on any atom is -0.455 e. The van der Waals surface area contributed by atoms with Crippen LogP contribution < -0.4 is 5.43 Å². The van der Waals surface area contributed by atoms with Gasteiger partial charge in [-0.1, -0.05) is 11.6 Å². The van der Waals surface area contributed by atoms with E-state index in [0.29, 0.717) is 27.9 Å². The second-order valence-corrected chi connectivity index (χ2v) is 5.56. The summed E-state index contributed by atoms with van der Waals surface area (Å²) >= 11 is 6.08. The Kier molecular flexibility index (Phi) is 5.08. The standard InChI is InChI=1S/C16H10ClN5O5/c17-14-4-1-10(21(23)24)7-13(14)15-5-3-12(27-15)9-19-20-16-6-2-11(8-18-16)22(25)26/h1-9H,(H,18,20)/b19-9-. The van der Waals surface area contributed by atoms with Gasteiger partial charge in [0, 0.05) is 23.8 Å². The molecule has 0 saturated heterocycles. The number of furan rings is 1. The van der Waals surface area contributed by atoms with Gasteiger partial charge in [-0.05, 0) is 24.3 Å². The molecule has 11 heteroatoms. The van der Waals surface area contributed by atoms with Crippen molar-refractivity contribution >= 4 is 35.0 Å². The Morgan fingerprint density at radius 3 is 2.48 bits per heavy atom. The average Bonchev–Trinajstić information content (AvgIpc) is 3.11. The number of nitro groups is 2. The second kappa shape index (κ2) is 7.62. The number of hydrazone groups is 1. The van der Waals surface area contributed by atoms with Crippen LogP contribution in [-0.4, -0.2) is 21.0 Å².